The third kappa shape index (κ3) is 10.0. The van der Waals surface area contributed by atoms with E-state index in [4.69, 9.17) is 0 Å². The van der Waals surface area contributed by atoms with E-state index in [0.29, 0.717) is 0 Å². The maximum atomic E-state index is 3.74. The van der Waals surface area contributed by atoms with Crippen LogP contribution in [0.5, 0.6) is 0 Å². The molecule has 1 heteroatoms. The molecule has 2 unspecified atom stereocenters. The van der Waals surface area contributed by atoms with Crippen LogP contribution in [0.2, 0.25) is 0 Å². The highest BCUT2D eigenvalue weighted by Gasteiger charge is 2.18. The number of hydrogen-bond donors (Lipinski definition) is 1. The molecule has 0 fully saturated rings. The van der Waals surface area contributed by atoms with E-state index in [0.717, 1.165) is 24.3 Å². The van der Waals surface area contributed by atoms with Crippen molar-refractivity contribution in [3.63, 3.8) is 0 Å². The first-order valence-corrected chi connectivity index (χ1v) is 8.49. The van der Waals surface area contributed by atoms with Gasteiger partial charge in [-0.25, -0.2) is 0 Å². The third-order valence-corrected chi connectivity index (χ3v) is 4.26. The molecule has 1 N–H and O–H groups in total. The van der Waals surface area contributed by atoms with Crippen LogP contribution in [0, 0.1) is 17.8 Å². The smallest absolute Gasteiger partial charge is 0.0144 e. The highest BCUT2D eigenvalue weighted by atomic mass is 14.8. The minimum atomic E-state index is 0.860. The molecule has 0 aromatic carbocycles. The van der Waals surface area contributed by atoms with E-state index in [9.17, 15) is 0 Å². The van der Waals surface area contributed by atoms with E-state index in [1.807, 2.05) is 6.20 Å². The molecule has 0 aromatic heterocycles. The van der Waals surface area contributed by atoms with Gasteiger partial charge < -0.3 is 5.32 Å². The predicted molar refractivity (Wildman–Crippen MR) is 88.3 cm³/mol. The standard InChI is InChI=1S/C18H37N/c1-6-11-17(7-2)18(14-15-19-8-3)13-10-9-12-16(4)5/h8,16-19H,3,6-7,9-15H2,1-2,4-5H3. The molecule has 0 radical (unpaired) electrons. The molecule has 114 valence electrons. The molecule has 1 nitrogen and oxygen atoms in total. The van der Waals surface area contributed by atoms with Crippen molar-refractivity contribution < 1.29 is 0 Å². The van der Waals surface area contributed by atoms with Crippen molar-refractivity contribution in [3.05, 3.63) is 12.8 Å². The lowest BCUT2D eigenvalue weighted by atomic mass is 9.81. The number of unbranched alkanes of at least 4 members (excludes halogenated alkanes) is 1. The molecule has 0 aliphatic rings. The average Bonchev–Trinajstić information content (AvgIpc) is 2.39. The Morgan fingerprint density at radius 1 is 0.947 bits per heavy atom. The molecule has 0 saturated heterocycles. The summed E-state index contributed by atoms with van der Waals surface area (Å²) in [6, 6.07) is 0. The minimum absolute atomic E-state index is 0.860. The molecule has 19 heavy (non-hydrogen) atoms. The fourth-order valence-electron chi connectivity index (χ4n) is 3.09. The number of rotatable bonds is 13. The Hall–Kier alpha value is -0.460. The van der Waals surface area contributed by atoms with E-state index in [2.05, 4.69) is 39.6 Å². The van der Waals surface area contributed by atoms with E-state index >= 15 is 0 Å². The summed E-state index contributed by atoms with van der Waals surface area (Å²) >= 11 is 0. The highest BCUT2D eigenvalue weighted by Crippen LogP contribution is 2.29. The van der Waals surface area contributed by atoms with E-state index < -0.39 is 0 Å². The van der Waals surface area contributed by atoms with Gasteiger partial charge in [-0.1, -0.05) is 79.2 Å². The number of nitrogens with one attached hydrogen (secondary N) is 1. The summed E-state index contributed by atoms with van der Waals surface area (Å²) in [7, 11) is 0. The van der Waals surface area contributed by atoms with Crippen LogP contribution in [0.15, 0.2) is 12.8 Å². The second-order valence-corrected chi connectivity index (χ2v) is 6.34. The van der Waals surface area contributed by atoms with Crippen molar-refractivity contribution in [1.82, 2.24) is 5.32 Å². The number of hydrogen-bond acceptors (Lipinski definition) is 1. The second-order valence-electron chi connectivity index (χ2n) is 6.34. The summed E-state index contributed by atoms with van der Waals surface area (Å²) in [5.41, 5.74) is 0. The largest absolute Gasteiger partial charge is 0.391 e. The van der Waals surface area contributed by atoms with Crippen molar-refractivity contribution in [1.29, 1.82) is 0 Å². The first kappa shape index (κ1) is 18.5. The molecule has 2 atom stereocenters. The van der Waals surface area contributed by atoms with Crippen LogP contribution >= 0.6 is 0 Å². The van der Waals surface area contributed by atoms with Crippen LogP contribution in [0.4, 0.5) is 0 Å². The molecular formula is C18H37N. The Kier molecular flexibility index (Phi) is 12.3. The van der Waals surface area contributed by atoms with Crippen molar-refractivity contribution in [2.75, 3.05) is 6.54 Å². The van der Waals surface area contributed by atoms with Crippen molar-refractivity contribution >= 4 is 0 Å². The van der Waals surface area contributed by atoms with Crippen LogP contribution in [-0.4, -0.2) is 6.54 Å². The van der Waals surface area contributed by atoms with Crippen LogP contribution in [0.25, 0.3) is 0 Å². The Balaban J connectivity index is 4.10. The fraction of sp³-hybridized carbons (Fsp3) is 0.889. The molecule has 0 aliphatic carbocycles. The van der Waals surface area contributed by atoms with Gasteiger partial charge in [-0.05, 0) is 30.4 Å². The first-order chi connectivity index (χ1) is 9.15. The van der Waals surface area contributed by atoms with Gasteiger partial charge in [-0.15, -0.1) is 0 Å². The minimum Gasteiger partial charge on any atom is -0.391 e. The summed E-state index contributed by atoms with van der Waals surface area (Å²) in [5.74, 6) is 2.69. The summed E-state index contributed by atoms with van der Waals surface area (Å²) in [6.07, 6.45) is 12.9. The van der Waals surface area contributed by atoms with Crippen molar-refractivity contribution in [2.45, 2.75) is 79.1 Å². The second kappa shape index (κ2) is 12.6. The Labute approximate surface area is 122 Å². The Morgan fingerprint density at radius 3 is 2.16 bits per heavy atom. The molecule has 0 saturated carbocycles. The zero-order chi connectivity index (χ0) is 14.5. The van der Waals surface area contributed by atoms with E-state index in [1.165, 1.54) is 51.4 Å². The lowest BCUT2D eigenvalue weighted by Crippen LogP contribution is -2.19. The molecule has 0 spiro atoms. The summed E-state index contributed by atoms with van der Waals surface area (Å²) < 4.78 is 0. The van der Waals surface area contributed by atoms with Crippen LogP contribution in [0.1, 0.15) is 79.1 Å². The van der Waals surface area contributed by atoms with E-state index in [-0.39, 0.29) is 0 Å². The molecule has 0 aromatic rings. The quantitative estimate of drug-likeness (QED) is 0.418. The molecule has 0 amide bonds. The maximum absolute atomic E-state index is 3.74. The molecule has 0 aliphatic heterocycles. The Morgan fingerprint density at radius 2 is 1.63 bits per heavy atom. The lowest BCUT2D eigenvalue weighted by Gasteiger charge is -2.26. The molecule has 0 rings (SSSR count). The van der Waals surface area contributed by atoms with E-state index in [1.54, 1.807) is 0 Å². The SMILES string of the molecule is C=CNCCC(CCCCC(C)C)C(CC)CCC. The lowest BCUT2D eigenvalue weighted by molar-refractivity contribution is 0.259. The van der Waals surface area contributed by atoms with Gasteiger partial charge in [-0.2, -0.15) is 0 Å². The third-order valence-electron chi connectivity index (χ3n) is 4.26. The van der Waals surface area contributed by atoms with Crippen molar-refractivity contribution in [2.24, 2.45) is 17.8 Å². The molecule has 0 bridgehead atoms. The predicted octanol–water partition coefficient (Wildman–Crippen LogP) is 5.77. The first-order valence-electron chi connectivity index (χ1n) is 8.49. The van der Waals surface area contributed by atoms with Crippen molar-refractivity contribution in [3.8, 4) is 0 Å². The zero-order valence-corrected chi connectivity index (χ0v) is 13.9. The monoisotopic (exact) mass is 267 g/mol. The van der Waals surface area contributed by atoms with Gasteiger partial charge in [0, 0.05) is 6.54 Å². The van der Waals surface area contributed by atoms with Gasteiger partial charge in [0.05, 0.1) is 0 Å². The highest BCUT2D eigenvalue weighted by molar-refractivity contribution is 4.72. The maximum Gasteiger partial charge on any atom is 0.0144 e. The summed E-state index contributed by atoms with van der Waals surface area (Å²) in [6.45, 7) is 14.2. The topological polar surface area (TPSA) is 12.0 Å². The summed E-state index contributed by atoms with van der Waals surface area (Å²) in [5, 5.41) is 3.27. The van der Waals surface area contributed by atoms with Gasteiger partial charge >= 0.3 is 0 Å². The van der Waals surface area contributed by atoms with Crippen LogP contribution < -0.4 is 5.32 Å². The van der Waals surface area contributed by atoms with Crippen LogP contribution in [0.3, 0.4) is 0 Å². The van der Waals surface area contributed by atoms with Crippen LogP contribution in [-0.2, 0) is 0 Å². The normalized spacial score (nSPS) is 14.4. The molecular weight excluding hydrogens is 230 g/mol. The average molecular weight is 268 g/mol. The zero-order valence-electron chi connectivity index (χ0n) is 13.9. The summed E-state index contributed by atoms with van der Waals surface area (Å²) in [4.78, 5) is 0. The van der Waals surface area contributed by atoms with Gasteiger partial charge in [0.25, 0.3) is 0 Å². The fourth-order valence-corrected chi connectivity index (χ4v) is 3.09. The van der Waals surface area contributed by atoms with Gasteiger partial charge in [-0.3, -0.25) is 0 Å². The van der Waals surface area contributed by atoms with Gasteiger partial charge in [0.1, 0.15) is 0 Å². The molecule has 0 heterocycles. The van der Waals surface area contributed by atoms with Gasteiger partial charge in [0.15, 0.2) is 0 Å². The van der Waals surface area contributed by atoms with Gasteiger partial charge in [0.2, 0.25) is 0 Å². The Bertz CT molecular complexity index is 198.